The van der Waals surface area contributed by atoms with Crippen LogP contribution in [0.15, 0.2) is 352 Å². The van der Waals surface area contributed by atoms with Gasteiger partial charge in [0.2, 0.25) is 5.28 Å². The van der Waals surface area contributed by atoms with Gasteiger partial charge in [0.1, 0.15) is 34.9 Å². The highest BCUT2D eigenvalue weighted by Gasteiger charge is 2.54. The third-order valence-electron chi connectivity index (χ3n) is 22.8. The molecule has 30 heteroatoms. The number of benzene rings is 14. The minimum atomic E-state index is -0.734. The molecular weight excluding hydrogens is 1870 g/mol. The lowest BCUT2D eigenvalue weighted by Crippen LogP contribution is -2.41. The van der Waals surface area contributed by atoms with Crippen molar-refractivity contribution in [3.63, 3.8) is 0 Å². The van der Waals surface area contributed by atoms with Crippen LogP contribution in [0.1, 0.15) is 73.9 Å². The lowest BCUT2D eigenvalue weighted by Gasteiger charge is -2.32. The van der Waals surface area contributed by atoms with Gasteiger partial charge in [-0.2, -0.15) is 20.5 Å². The highest BCUT2D eigenvalue weighted by atomic mass is 35.5. The van der Waals surface area contributed by atoms with E-state index in [0.29, 0.717) is 78.2 Å². The van der Waals surface area contributed by atoms with E-state index >= 15 is 4.39 Å². The molecule has 2 saturated heterocycles. The van der Waals surface area contributed by atoms with E-state index in [0.717, 1.165) is 50.6 Å². The molecule has 2 aliphatic rings. The summed E-state index contributed by atoms with van der Waals surface area (Å²) in [6.45, 7) is 15.3. The third-order valence-corrected chi connectivity index (χ3v) is 23.7. The van der Waals surface area contributed by atoms with Crippen molar-refractivity contribution >= 4 is 71.6 Å². The number of nitrogens with zero attached hydrogens (tertiary/aromatic N) is 14. The molecule has 20 rings (SSSR count). The lowest BCUT2D eigenvalue weighted by atomic mass is 9.78. The van der Waals surface area contributed by atoms with Crippen LogP contribution in [-0.2, 0) is 18.6 Å². The Kier molecular flexibility index (Phi) is 32.9. The summed E-state index contributed by atoms with van der Waals surface area (Å²) in [6.07, 6.45) is 0. The van der Waals surface area contributed by atoms with E-state index < -0.39 is 65.7 Å². The zero-order chi connectivity index (χ0) is 98.8. The first-order valence-electron chi connectivity index (χ1n) is 43.8. The number of nitriles is 2. The van der Waals surface area contributed by atoms with E-state index in [-0.39, 0.29) is 69.4 Å². The predicted octanol–water partition coefficient (Wildman–Crippen LogP) is 27.3. The highest BCUT2D eigenvalue weighted by molar-refractivity contribution is 6.63. The molecule has 6 heterocycles. The Morgan fingerprint density at radius 1 is 0.227 bits per heavy atom. The molecule has 2 aliphatic heterocycles. The van der Waals surface area contributed by atoms with Crippen molar-refractivity contribution in [2.45, 2.75) is 85.2 Å². The molecule has 14 aromatic carbocycles. The van der Waals surface area contributed by atoms with Crippen molar-refractivity contribution in [2.24, 2.45) is 0 Å². The summed E-state index contributed by atoms with van der Waals surface area (Å²) in [7, 11) is -1.44. The molecule has 0 spiro atoms. The maximum atomic E-state index is 15.0. The summed E-state index contributed by atoms with van der Waals surface area (Å²) in [5.41, 5.74) is 7.19. The molecule has 0 N–H and O–H groups in total. The van der Waals surface area contributed by atoms with Gasteiger partial charge in [0.05, 0.1) is 62.4 Å². The summed E-state index contributed by atoms with van der Waals surface area (Å²) < 4.78 is 109. The SMILES string of the molecule is C.CC1(C)OB(c2cc(Cl)ccc2F)OC1(C)C.CC1(C)OB(c2ccc(C#N)cc2F)OC1(C)C.Clc1nc(-c2ccccc2)nc(-c2ccccc2)n1.Fc1ccc(Cl)cc1-c1nc(-c2ccccc2)nc(-c2ccccc2)n1.Fc1ccc(Cl)cc1-c1nc(-c2ccccc2)nc(-c2ccccc2)n1.N#Cc1ccc(-c2ccc(F)c(-c3nc(-c4ccccc4)nc(-c4ccccc4)n3)c2)c(F)c1. The van der Waals surface area contributed by atoms with Crippen molar-refractivity contribution in [2.75, 3.05) is 0 Å². The van der Waals surface area contributed by atoms with Gasteiger partial charge in [-0.25, -0.2) is 76.2 Å². The van der Waals surface area contributed by atoms with Crippen LogP contribution in [0, 0.1) is 57.6 Å². The van der Waals surface area contributed by atoms with Crippen molar-refractivity contribution < 1.29 is 45.0 Å². The van der Waals surface area contributed by atoms with Crippen LogP contribution in [0.5, 0.6) is 0 Å². The quantitative estimate of drug-likeness (QED) is 0.0726. The molecule has 700 valence electrons. The van der Waals surface area contributed by atoms with Crippen LogP contribution in [0.2, 0.25) is 20.4 Å². The monoisotopic (exact) mass is 1950 g/mol. The summed E-state index contributed by atoms with van der Waals surface area (Å²) in [4.78, 5) is 53.6. The fourth-order valence-electron chi connectivity index (χ4n) is 14.0. The molecule has 2 fully saturated rings. The van der Waals surface area contributed by atoms with E-state index in [1.807, 2.05) is 310 Å². The zero-order valence-electron chi connectivity index (χ0n) is 76.3. The third kappa shape index (κ3) is 25.3. The van der Waals surface area contributed by atoms with Crippen molar-refractivity contribution in [1.29, 1.82) is 10.5 Å². The minimum Gasteiger partial charge on any atom is -0.399 e. The van der Waals surface area contributed by atoms with Gasteiger partial charge in [0.25, 0.3) is 0 Å². The topological polar surface area (TPSA) is 239 Å². The first kappa shape index (κ1) is 102. The van der Waals surface area contributed by atoms with E-state index in [2.05, 4.69) is 59.8 Å². The molecular formula is C111H86B2Cl4F6N14O4. The van der Waals surface area contributed by atoms with Gasteiger partial charge in [-0.15, -0.1) is 0 Å². The molecule has 0 saturated carbocycles. The van der Waals surface area contributed by atoms with Crippen LogP contribution in [0.25, 0.3) is 136 Å². The Morgan fingerprint density at radius 2 is 0.468 bits per heavy atom. The molecule has 0 amide bonds. The minimum absolute atomic E-state index is 0. The first-order valence-corrected chi connectivity index (χ1v) is 45.3. The average molecular weight is 1960 g/mol. The lowest BCUT2D eigenvalue weighted by molar-refractivity contribution is 0.00578. The molecule has 0 aliphatic carbocycles. The first-order chi connectivity index (χ1) is 67.3. The fourth-order valence-corrected chi connectivity index (χ4v) is 14.7. The second-order valence-electron chi connectivity index (χ2n) is 33.5. The van der Waals surface area contributed by atoms with Crippen LogP contribution in [-0.4, -0.2) is 96.4 Å². The summed E-state index contributed by atoms with van der Waals surface area (Å²) in [6, 6.07) is 106. The van der Waals surface area contributed by atoms with Crippen LogP contribution in [0.3, 0.4) is 0 Å². The Bertz CT molecular complexity index is 7090. The molecule has 4 aromatic heterocycles. The number of hydrogen-bond acceptors (Lipinski definition) is 18. The maximum Gasteiger partial charge on any atom is 0.497 e. The largest absolute Gasteiger partial charge is 0.497 e. The smallest absolute Gasteiger partial charge is 0.399 e. The van der Waals surface area contributed by atoms with E-state index in [9.17, 15) is 22.0 Å². The van der Waals surface area contributed by atoms with Gasteiger partial charge in [0.15, 0.2) is 64.1 Å². The predicted molar refractivity (Wildman–Crippen MR) is 545 cm³/mol. The number of rotatable bonds is 14. The van der Waals surface area contributed by atoms with Crippen molar-refractivity contribution in [1.82, 2.24) is 59.8 Å². The van der Waals surface area contributed by atoms with Gasteiger partial charge in [-0.1, -0.05) is 303 Å². The Labute approximate surface area is 833 Å². The van der Waals surface area contributed by atoms with Crippen molar-refractivity contribution in [3.05, 3.63) is 418 Å². The Morgan fingerprint density at radius 3 is 0.752 bits per heavy atom. The standard InChI is InChI=1S/C28H16F2N4.2C21H13ClFN3.C15H10ClN3.C13H15BFNO2.C12H15BClFO2.CH4/c29-24-14-12-21(22-13-11-18(17-31)15-25(22)30)16-23(24)28-33-26(19-7-3-1-4-8-19)32-27(34-28)20-9-5-2-6-10-20;2*22-16-11-12-18(23)17(13-16)21-25-19(14-7-3-1-4-8-14)24-20(26-21)15-9-5-2-6-10-15;16-15-18-13(11-7-3-1-4-8-11)17-14(19-15)12-9-5-2-6-10-12;1-12(2)13(3,4)18-14(17-12)10-6-5-9(8-16)7-11(10)15;1-11(2)12(3,4)17-13(16-11)9-7-8(14)5-6-10(9)15;/h1-16H;2*1-13H;1-10H;5-7H,1-4H3;5-7H,1-4H3;1H4. The summed E-state index contributed by atoms with van der Waals surface area (Å²) in [5, 5.41) is 19.2. The average Bonchev–Trinajstić information content (AvgIpc) is 1.67. The van der Waals surface area contributed by atoms with Gasteiger partial charge < -0.3 is 18.6 Å². The molecule has 18 aromatic rings. The van der Waals surface area contributed by atoms with Crippen molar-refractivity contribution in [3.8, 4) is 149 Å². The van der Waals surface area contributed by atoms with Gasteiger partial charge >= 0.3 is 14.2 Å². The van der Waals surface area contributed by atoms with Gasteiger partial charge in [0, 0.05) is 76.1 Å². The zero-order valence-corrected chi connectivity index (χ0v) is 79.3. The molecule has 0 atom stereocenters. The number of aromatic nitrogens is 12. The Balaban J connectivity index is 0.000000137. The highest BCUT2D eigenvalue weighted by Crippen LogP contribution is 2.40. The molecule has 141 heavy (non-hydrogen) atoms. The number of hydrogen-bond donors (Lipinski definition) is 0. The molecule has 0 unspecified atom stereocenters. The molecule has 0 radical (unpaired) electrons. The van der Waals surface area contributed by atoms with Crippen LogP contribution < -0.4 is 10.9 Å². The van der Waals surface area contributed by atoms with Crippen LogP contribution >= 0.6 is 46.4 Å². The maximum absolute atomic E-state index is 15.0. The summed E-state index contributed by atoms with van der Waals surface area (Å²) >= 11 is 23.9. The molecule has 0 bridgehead atoms. The second-order valence-corrected chi connectivity index (χ2v) is 35.2. The van der Waals surface area contributed by atoms with Crippen LogP contribution in [0.4, 0.5) is 26.3 Å². The number of halogens is 10. The van der Waals surface area contributed by atoms with Gasteiger partial charge in [-0.05, 0) is 164 Å². The second kappa shape index (κ2) is 45.6. The fraction of sp³-hybridized carbons (Fsp3) is 0.117. The van der Waals surface area contributed by atoms with E-state index in [4.69, 9.17) is 75.5 Å². The van der Waals surface area contributed by atoms with E-state index in [1.165, 1.54) is 91.0 Å². The van der Waals surface area contributed by atoms with E-state index in [1.54, 1.807) is 12.1 Å². The van der Waals surface area contributed by atoms with Gasteiger partial charge in [-0.3, -0.25) is 0 Å². The summed E-state index contributed by atoms with van der Waals surface area (Å²) in [5.74, 6) is 1.71. The molecule has 18 nitrogen and oxygen atoms in total. The normalized spacial score (nSPS) is 13.2. The Hall–Kier alpha value is -15.2.